The van der Waals surface area contributed by atoms with E-state index in [2.05, 4.69) is 10.6 Å². The maximum atomic E-state index is 13.5. The Kier molecular flexibility index (Phi) is 6.80. The van der Waals surface area contributed by atoms with Gasteiger partial charge in [-0.25, -0.2) is 9.18 Å². The largest absolute Gasteiger partial charge is 0.396 e. The molecule has 0 aliphatic heterocycles. The quantitative estimate of drug-likeness (QED) is 0.676. The van der Waals surface area contributed by atoms with Crippen molar-refractivity contribution in [2.45, 2.75) is 33.2 Å². The van der Waals surface area contributed by atoms with Gasteiger partial charge >= 0.3 is 6.03 Å². The van der Waals surface area contributed by atoms with Crippen LogP contribution < -0.4 is 10.6 Å². The number of amides is 2. The van der Waals surface area contributed by atoms with Crippen molar-refractivity contribution in [3.8, 4) is 6.07 Å². The van der Waals surface area contributed by atoms with Crippen molar-refractivity contribution in [3.63, 3.8) is 0 Å². The van der Waals surface area contributed by atoms with Gasteiger partial charge in [0.15, 0.2) is 0 Å². The summed E-state index contributed by atoms with van der Waals surface area (Å²) in [7, 11) is 0. The summed E-state index contributed by atoms with van der Waals surface area (Å²) in [4.78, 5) is 11.6. The third kappa shape index (κ3) is 6.10. The molecule has 0 atom stereocenters. The highest BCUT2D eigenvalue weighted by molar-refractivity contribution is 5.73. The number of urea groups is 1. The van der Waals surface area contributed by atoms with Crippen LogP contribution in [0.25, 0.3) is 0 Å². The van der Waals surface area contributed by atoms with Crippen LogP contribution in [0.5, 0.6) is 0 Å². The van der Waals surface area contributed by atoms with E-state index in [1.807, 2.05) is 19.9 Å². The molecule has 1 aromatic rings. The van der Waals surface area contributed by atoms with Crippen molar-refractivity contribution in [1.29, 1.82) is 5.26 Å². The standard InChI is InChI=1S/C16H22FN3O2/c1-16(2,11-21)6-3-7-19-15(22)20-10-13-8-12(9-18)4-5-14(13)17/h4-5,8,21H,3,6-7,10-11H2,1-2H3,(H2,19,20,22). The van der Waals surface area contributed by atoms with Crippen LogP contribution in [0.1, 0.15) is 37.8 Å². The third-order valence-corrected chi connectivity index (χ3v) is 3.36. The number of aliphatic hydroxyl groups is 1. The minimum Gasteiger partial charge on any atom is -0.396 e. The van der Waals surface area contributed by atoms with Crippen molar-refractivity contribution >= 4 is 6.03 Å². The summed E-state index contributed by atoms with van der Waals surface area (Å²) in [6.07, 6.45) is 1.54. The molecule has 3 N–H and O–H groups in total. The molecule has 0 radical (unpaired) electrons. The van der Waals surface area contributed by atoms with Crippen LogP contribution in [0.3, 0.4) is 0 Å². The topological polar surface area (TPSA) is 85.2 Å². The fourth-order valence-corrected chi connectivity index (χ4v) is 1.87. The summed E-state index contributed by atoms with van der Waals surface area (Å²) < 4.78 is 13.5. The molecule has 0 spiro atoms. The summed E-state index contributed by atoms with van der Waals surface area (Å²) in [5.41, 5.74) is 0.472. The zero-order valence-corrected chi connectivity index (χ0v) is 12.9. The Morgan fingerprint density at radius 1 is 1.41 bits per heavy atom. The van der Waals surface area contributed by atoms with Crippen molar-refractivity contribution in [2.24, 2.45) is 5.41 Å². The minimum absolute atomic E-state index is 0.0231. The van der Waals surface area contributed by atoms with Crippen molar-refractivity contribution in [1.82, 2.24) is 10.6 Å². The third-order valence-electron chi connectivity index (χ3n) is 3.36. The van der Waals surface area contributed by atoms with Gasteiger partial charge in [0.1, 0.15) is 5.82 Å². The number of nitrogens with one attached hydrogen (secondary N) is 2. The van der Waals surface area contributed by atoms with Crippen molar-refractivity contribution in [3.05, 3.63) is 35.1 Å². The molecule has 22 heavy (non-hydrogen) atoms. The lowest BCUT2D eigenvalue weighted by Crippen LogP contribution is -2.36. The lowest BCUT2D eigenvalue weighted by molar-refractivity contribution is 0.148. The Morgan fingerprint density at radius 3 is 2.77 bits per heavy atom. The molecule has 0 bridgehead atoms. The Hall–Kier alpha value is -2.13. The number of nitriles is 1. The van der Waals surface area contributed by atoms with Gasteiger partial charge in [0, 0.05) is 25.3 Å². The van der Waals surface area contributed by atoms with Gasteiger partial charge < -0.3 is 15.7 Å². The van der Waals surface area contributed by atoms with Gasteiger partial charge in [0.25, 0.3) is 0 Å². The fraction of sp³-hybridized carbons (Fsp3) is 0.500. The number of rotatable bonds is 7. The van der Waals surface area contributed by atoms with Gasteiger partial charge in [-0.3, -0.25) is 0 Å². The average molecular weight is 307 g/mol. The van der Waals surface area contributed by atoms with E-state index in [-0.39, 0.29) is 30.2 Å². The molecule has 120 valence electrons. The number of nitrogens with zero attached hydrogens (tertiary/aromatic N) is 1. The second kappa shape index (κ2) is 8.35. The number of hydrogen-bond acceptors (Lipinski definition) is 3. The molecule has 5 nitrogen and oxygen atoms in total. The summed E-state index contributed by atoms with van der Waals surface area (Å²) >= 11 is 0. The summed E-state index contributed by atoms with van der Waals surface area (Å²) in [6.45, 7) is 4.52. The molecule has 0 saturated carbocycles. The number of carbonyl (C=O) groups is 1. The first-order chi connectivity index (χ1) is 10.4. The molecular weight excluding hydrogens is 285 g/mol. The zero-order valence-electron chi connectivity index (χ0n) is 12.9. The number of benzene rings is 1. The van der Waals surface area contributed by atoms with Crippen molar-refractivity contribution in [2.75, 3.05) is 13.2 Å². The summed E-state index contributed by atoms with van der Waals surface area (Å²) in [6, 6.07) is 5.56. The number of aliphatic hydroxyl groups excluding tert-OH is 1. The van der Waals surface area contributed by atoms with Crippen LogP contribution in [-0.4, -0.2) is 24.3 Å². The molecule has 0 heterocycles. The van der Waals surface area contributed by atoms with Crippen LogP contribution in [0.2, 0.25) is 0 Å². The second-order valence-electron chi connectivity index (χ2n) is 5.95. The normalized spacial score (nSPS) is 10.9. The van der Waals surface area contributed by atoms with E-state index >= 15 is 0 Å². The summed E-state index contributed by atoms with van der Waals surface area (Å²) in [5, 5.41) is 23.1. The van der Waals surface area contributed by atoms with Crippen LogP contribution in [-0.2, 0) is 6.54 Å². The van der Waals surface area contributed by atoms with Gasteiger partial charge in [0.05, 0.1) is 11.6 Å². The Bertz CT molecular complexity index is 553. The van der Waals surface area contributed by atoms with Crippen LogP contribution >= 0.6 is 0 Å². The van der Waals surface area contributed by atoms with Gasteiger partial charge in [-0.15, -0.1) is 0 Å². The lowest BCUT2D eigenvalue weighted by atomic mass is 9.89. The van der Waals surface area contributed by atoms with Crippen LogP contribution in [0, 0.1) is 22.6 Å². The molecule has 0 aliphatic carbocycles. The van der Waals surface area contributed by atoms with Crippen LogP contribution in [0.4, 0.5) is 9.18 Å². The SMILES string of the molecule is CC(C)(CO)CCCNC(=O)NCc1cc(C#N)ccc1F. The number of carbonyl (C=O) groups excluding carboxylic acids is 1. The molecule has 0 aromatic heterocycles. The minimum atomic E-state index is -0.455. The van der Waals surface area contributed by atoms with E-state index in [0.717, 1.165) is 12.8 Å². The van der Waals surface area contributed by atoms with Gasteiger partial charge in [-0.2, -0.15) is 5.26 Å². The Balaban J connectivity index is 2.34. The molecule has 1 aromatic carbocycles. The predicted octanol–water partition coefficient (Wildman–Crippen LogP) is 2.30. The molecule has 2 amide bonds. The van der Waals surface area contributed by atoms with E-state index in [0.29, 0.717) is 12.1 Å². The maximum Gasteiger partial charge on any atom is 0.315 e. The first kappa shape index (κ1) is 17.9. The molecule has 0 fully saturated rings. The number of halogens is 1. The molecule has 0 unspecified atom stereocenters. The lowest BCUT2D eigenvalue weighted by Gasteiger charge is -2.21. The monoisotopic (exact) mass is 307 g/mol. The van der Waals surface area contributed by atoms with E-state index in [1.165, 1.54) is 18.2 Å². The Morgan fingerprint density at radius 2 is 2.14 bits per heavy atom. The average Bonchev–Trinajstić information content (AvgIpc) is 2.51. The highest BCUT2D eigenvalue weighted by Gasteiger charge is 2.15. The van der Waals surface area contributed by atoms with Gasteiger partial charge in [0.2, 0.25) is 0 Å². The smallest absolute Gasteiger partial charge is 0.315 e. The zero-order chi connectivity index (χ0) is 16.6. The van der Waals surface area contributed by atoms with Crippen molar-refractivity contribution < 1.29 is 14.3 Å². The molecule has 1 rings (SSSR count). The van der Waals surface area contributed by atoms with E-state index in [4.69, 9.17) is 10.4 Å². The van der Waals surface area contributed by atoms with Gasteiger partial charge in [-0.05, 0) is 36.5 Å². The van der Waals surface area contributed by atoms with Crippen LogP contribution in [0.15, 0.2) is 18.2 Å². The van der Waals surface area contributed by atoms with E-state index in [9.17, 15) is 9.18 Å². The molecular formula is C16H22FN3O2. The maximum absolute atomic E-state index is 13.5. The predicted molar refractivity (Wildman–Crippen MR) is 81.5 cm³/mol. The highest BCUT2D eigenvalue weighted by Crippen LogP contribution is 2.20. The molecule has 0 saturated heterocycles. The Labute approximate surface area is 130 Å². The first-order valence-electron chi connectivity index (χ1n) is 7.19. The fourth-order valence-electron chi connectivity index (χ4n) is 1.87. The van der Waals surface area contributed by atoms with E-state index < -0.39 is 5.82 Å². The number of hydrogen-bond donors (Lipinski definition) is 3. The first-order valence-corrected chi connectivity index (χ1v) is 7.19. The van der Waals surface area contributed by atoms with Gasteiger partial charge in [-0.1, -0.05) is 13.8 Å². The summed E-state index contributed by atoms with van der Waals surface area (Å²) in [5.74, 6) is -0.455. The molecule has 0 aliphatic rings. The highest BCUT2D eigenvalue weighted by atomic mass is 19.1. The molecule has 6 heteroatoms. The van der Waals surface area contributed by atoms with E-state index in [1.54, 1.807) is 0 Å². The second-order valence-corrected chi connectivity index (χ2v) is 5.95.